The lowest BCUT2D eigenvalue weighted by Crippen LogP contribution is -2.32. The number of benzene rings is 1. The second-order valence-corrected chi connectivity index (χ2v) is 9.73. The Bertz CT molecular complexity index is 256. The molecule has 0 aliphatic carbocycles. The van der Waals surface area contributed by atoms with E-state index in [9.17, 15) is 0 Å². The molecule has 0 radical (unpaired) electrons. The van der Waals surface area contributed by atoms with E-state index in [0.29, 0.717) is 6.61 Å². The zero-order valence-corrected chi connectivity index (χ0v) is 10.5. The maximum absolute atomic E-state index is 5.98. The van der Waals surface area contributed by atoms with Gasteiger partial charge in [-0.3, -0.25) is 0 Å². The van der Waals surface area contributed by atoms with Gasteiger partial charge in [-0.25, -0.2) is 0 Å². The van der Waals surface area contributed by atoms with Gasteiger partial charge in [0, 0.05) is 6.61 Å². The minimum atomic E-state index is -2.66. The zero-order chi connectivity index (χ0) is 9.73. The molecule has 0 heterocycles. The molecule has 1 aromatic rings. The number of halogens is 2. The monoisotopic (exact) mass is 280 g/mol. The fourth-order valence-electron chi connectivity index (χ4n) is 0.823. The van der Waals surface area contributed by atoms with Crippen LogP contribution in [0.25, 0.3) is 0 Å². The van der Waals surface area contributed by atoms with Crippen LogP contribution in [0, 0.1) is 0 Å². The van der Waals surface area contributed by atoms with Crippen molar-refractivity contribution in [2.45, 2.75) is 6.92 Å². The predicted octanol–water partition coefficient (Wildman–Crippen LogP) is 3.17. The highest BCUT2D eigenvalue weighted by atomic mass is 79.9. The molecule has 0 N–H and O–H groups in total. The Kier molecular flexibility index (Phi) is 4.25. The van der Waals surface area contributed by atoms with Crippen LogP contribution in [0.15, 0.2) is 30.3 Å². The lowest BCUT2D eigenvalue weighted by molar-refractivity contribution is 0.294. The van der Waals surface area contributed by atoms with Gasteiger partial charge >= 0.3 is 6.49 Å². The second kappa shape index (κ2) is 5.00. The summed E-state index contributed by atoms with van der Waals surface area (Å²) in [5, 5.41) is 0. The normalized spacial score (nSPS) is 15.0. The quantitative estimate of drug-likeness (QED) is 0.623. The van der Waals surface area contributed by atoms with Crippen molar-refractivity contribution in [2.75, 3.05) is 6.61 Å². The highest BCUT2D eigenvalue weighted by molar-refractivity contribution is 9.26. The molecule has 0 aliphatic heterocycles. The van der Waals surface area contributed by atoms with Gasteiger partial charge in [-0.05, 0) is 34.3 Å². The third-order valence-corrected chi connectivity index (χ3v) is 4.12. The topological polar surface area (TPSA) is 18.5 Å². The van der Waals surface area contributed by atoms with E-state index in [1.807, 2.05) is 37.3 Å². The summed E-state index contributed by atoms with van der Waals surface area (Å²) in [6.45, 7) is -0.249. The lowest BCUT2D eigenvalue weighted by Gasteiger charge is -2.17. The summed E-state index contributed by atoms with van der Waals surface area (Å²) in [5.41, 5.74) is 0. The average Bonchev–Trinajstić information content (AvgIpc) is 2.04. The molecular weight excluding hydrogens is 272 g/mol. The van der Waals surface area contributed by atoms with Crippen LogP contribution < -0.4 is 4.43 Å². The summed E-state index contributed by atoms with van der Waals surface area (Å²) in [4.78, 5) is 0. The number of rotatable bonds is 4. The van der Waals surface area contributed by atoms with Crippen molar-refractivity contribution in [1.29, 1.82) is 0 Å². The van der Waals surface area contributed by atoms with Gasteiger partial charge in [0.25, 0.3) is 0 Å². The molecule has 0 bridgehead atoms. The molecule has 1 rings (SSSR count). The molecule has 1 aromatic carbocycles. The summed E-state index contributed by atoms with van der Waals surface area (Å²) in [5.74, 6) is 0.717. The SMILES string of the molecule is CCO[Si](Cl)(Br)Oc1ccccc1. The van der Waals surface area contributed by atoms with Crippen molar-refractivity contribution >= 4 is 32.9 Å². The summed E-state index contributed by atoms with van der Waals surface area (Å²) in [6, 6.07) is 9.36. The van der Waals surface area contributed by atoms with Gasteiger partial charge < -0.3 is 8.85 Å². The summed E-state index contributed by atoms with van der Waals surface area (Å²) in [6.07, 6.45) is 0. The zero-order valence-electron chi connectivity index (χ0n) is 7.17. The minimum absolute atomic E-state index is 0.536. The van der Waals surface area contributed by atoms with E-state index in [1.54, 1.807) is 0 Å². The van der Waals surface area contributed by atoms with Crippen LogP contribution in [-0.2, 0) is 4.43 Å². The summed E-state index contributed by atoms with van der Waals surface area (Å²) < 4.78 is 10.7. The van der Waals surface area contributed by atoms with Crippen molar-refractivity contribution in [3.63, 3.8) is 0 Å². The van der Waals surface area contributed by atoms with E-state index < -0.39 is 6.49 Å². The van der Waals surface area contributed by atoms with Crippen molar-refractivity contribution in [3.05, 3.63) is 30.3 Å². The van der Waals surface area contributed by atoms with Gasteiger partial charge in [0.05, 0.1) is 0 Å². The Morgan fingerprint density at radius 2 is 2.00 bits per heavy atom. The molecule has 72 valence electrons. The molecule has 0 saturated carbocycles. The first kappa shape index (κ1) is 11.0. The van der Waals surface area contributed by atoms with Gasteiger partial charge in [-0.1, -0.05) is 29.3 Å². The van der Waals surface area contributed by atoms with Gasteiger partial charge in [0.2, 0.25) is 0 Å². The molecule has 0 saturated heterocycles. The smallest absolute Gasteiger partial charge is 0.502 e. The maximum Gasteiger partial charge on any atom is 0.583 e. The van der Waals surface area contributed by atoms with Crippen LogP contribution in [0.1, 0.15) is 6.92 Å². The molecule has 0 fully saturated rings. The molecule has 5 heteroatoms. The Morgan fingerprint density at radius 3 is 2.54 bits per heavy atom. The van der Waals surface area contributed by atoms with Crippen LogP contribution in [0.2, 0.25) is 0 Å². The largest absolute Gasteiger partial charge is 0.583 e. The molecule has 0 aromatic heterocycles. The van der Waals surface area contributed by atoms with E-state index in [-0.39, 0.29) is 0 Å². The molecule has 13 heavy (non-hydrogen) atoms. The molecule has 2 nitrogen and oxygen atoms in total. The van der Waals surface area contributed by atoms with Gasteiger partial charge in [-0.15, -0.1) is 0 Å². The maximum atomic E-state index is 5.98. The lowest BCUT2D eigenvalue weighted by atomic mass is 10.3. The predicted molar refractivity (Wildman–Crippen MR) is 59.2 cm³/mol. The van der Waals surface area contributed by atoms with Crippen molar-refractivity contribution in [3.8, 4) is 5.75 Å². The Morgan fingerprint density at radius 1 is 1.38 bits per heavy atom. The van der Waals surface area contributed by atoms with Crippen LogP contribution >= 0.6 is 26.4 Å². The van der Waals surface area contributed by atoms with Crippen molar-refractivity contribution in [1.82, 2.24) is 0 Å². The Hall–Kier alpha value is -0.0331. The van der Waals surface area contributed by atoms with E-state index in [4.69, 9.17) is 19.9 Å². The number of hydrogen-bond acceptors (Lipinski definition) is 2. The fraction of sp³-hybridized carbons (Fsp3) is 0.250. The van der Waals surface area contributed by atoms with E-state index in [2.05, 4.69) is 15.3 Å². The molecule has 0 amide bonds. The van der Waals surface area contributed by atoms with Gasteiger partial charge in [0.1, 0.15) is 5.75 Å². The van der Waals surface area contributed by atoms with Crippen LogP contribution in [0.5, 0.6) is 5.75 Å². The molecule has 1 unspecified atom stereocenters. The first-order valence-electron chi connectivity index (χ1n) is 3.90. The molecular formula is C8H10BrClO2Si. The standard InChI is InChI=1S/C8H10BrClO2Si/c1-2-11-13(9,10)12-8-6-4-3-5-7-8/h3-7H,2H2,1H3. The van der Waals surface area contributed by atoms with Crippen molar-refractivity contribution in [2.24, 2.45) is 0 Å². The second-order valence-electron chi connectivity index (χ2n) is 2.31. The fourth-order valence-corrected chi connectivity index (χ4v) is 3.47. The third-order valence-electron chi connectivity index (χ3n) is 1.29. The summed E-state index contributed by atoms with van der Waals surface area (Å²) >= 11 is 9.22. The molecule has 0 spiro atoms. The average molecular weight is 282 g/mol. The van der Waals surface area contributed by atoms with Crippen LogP contribution in [0.3, 0.4) is 0 Å². The Balaban J connectivity index is 2.58. The first-order chi connectivity index (χ1) is 6.14. The number of para-hydroxylation sites is 1. The van der Waals surface area contributed by atoms with Crippen LogP contribution in [-0.4, -0.2) is 13.1 Å². The van der Waals surface area contributed by atoms with Gasteiger partial charge in [-0.2, -0.15) is 0 Å². The van der Waals surface area contributed by atoms with E-state index >= 15 is 0 Å². The van der Waals surface area contributed by atoms with Crippen LogP contribution in [0.4, 0.5) is 0 Å². The number of hydrogen-bond donors (Lipinski definition) is 0. The van der Waals surface area contributed by atoms with Crippen molar-refractivity contribution < 1.29 is 8.85 Å². The summed E-state index contributed by atoms with van der Waals surface area (Å²) in [7, 11) is 0. The van der Waals surface area contributed by atoms with Gasteiger partial charge in [0.15, 0.2) is 0 Å². The first-order valence-corrected chi connectivity index (χ1v) is 8.98. The molecule has 0 aliphatic rings. The Labute approximate surface area is 91.3 Å². The third kappa shape index (κ3) is 4.13. The highest BCUT2D eigenvalue weighted by Gasteiger charge is 2.34. The van der Waals surface area contributed by atoms with E-state index in [0.717, 1.165) is 5.75 Å². The minimum Gasteiger partial charge on any atom is -0.502 e. The molecule has 1 atom stereocenters. The highest BCUT2D eigenvalue weighted by Crippen LogP contribution is 2.24. The van der Waals surface area contributed by atoms with E-state index in [1.165, 1.54) is 0 Å².